The van der Waals surface area contributed by atoms with E-state index < -0.39 is 0 Å². The number of ether oxygens (including phenoxy) is 1. The van der Waals surface area contributed by atoms with Gasteiger partial charge in [-0.15, -0.1) is 5.10 Å². The lowest BCUT2D eigenvalue weighted by molar-refractivity contribution is 0.0709. The number of hydrogen-bond donors (Lipinski definition) is 0. The summed E-state index contributed by atoms with van der Waals surface area (Å²) >= 11 is 0. The Balaban J connectivity index is 1.24. The summed E-state index contributed by atoms with van der Waals surface area (Å²) in [5, 5.41) is 8.45. The van der Waals surface area contributed by atoms with Crippen molar-refractivity contribution >= 4 is 22.6 Å². The van der Waals surface area contributed by atoms with Crippen LogP contribution in [0.3, 0.4) is 0 Å². The van der Waals surface area contributed by atoms with Gasteiger partial charge >= 0.3 is 0 Å². The fourth-order valence-electron chi connectivity index (χ4n) is 4.34. The molecule has 7 nitrogen and oxygen atoms in total. The van der Waals surface area contributed by atoms with E-state index in [1.165, 1.54) is 0 Å². The van der Waals surface area contributed by atoms with E-state index in [2.05, 4.69) is 28.2 Å². The Hall–Kier alpha value is -3.87. The molecule has 2 heterocycles. The van der Waals surface area contributed by atoms with E-state index in [9.17, 15) is 4.79 Å². The van der Waals surface area contributed by atoms with Gasteiger partial charge in [0, 0.05) is 19.2 Å². The zero-order valence-electron chi connectivity index (χ0n) is 18.9. The highest BCUT2D eigenvalue weighted by Crippen LogP contribution is 2.33. The van der Waals surface area contributed by atoms with Crippen molar-refractivity contribution in [2.75, 3.05) is 31.6 Å². The van der Waals surface area contributed by atoms with E-state index in [0.29, 0.717) is 18.7 Å². The standard InChI is InChI=1S/C26H27N5O2/c1-3-30-18-21(33-25-11-7-6-10-24(25)30)17-29(2)26(32)20-14-12-19(13-15-20)16-31-23-9-5-4-8-22(23)27-28-31/h4-15,21H,3,16-18H2,1-2H3/t21-/m1/s1. The molecule has 0 unspecified atom stereocenters. The number of carbonyl (C=O) groups excluding carboxylic acids is 1. The van der Waals surface area contributed by atoms with Crippen molar-refractivity contribution in [1.29, 1.82) is 0 Å². The molecule has 0 radical (unpaired) electrons. The van der Waals surface area contributed by atoms with Crippen LogP contribution in [0.5, 0.6) is 5.75 Å². The first-order valence-electron chi connectivity index (χ1n) is 11.3. The maximum atomic E-state index is 13.0. The van der Waals surface area contributed by atoms with Crippen LogP contribution >= 0.6 is 0 Å². The van der Waals surface area contributed by atoms with Crippen LogP contribution in [-0.4, -0.2) is 58.6 Å². The highest BCUT2D eigenvalue weighted by molar-refractivity contribution is 5.94. The van der Waals surface area contributed by atoms with Gasteiger partial charge in [-0.1, -0.05) is 41.6 Å². The quantitative estimate of drug-likeness (QED) is 0.455. The summed E-state index contributed by atoms with van der Waals surface area (Å²) in [7, 11) is 1.83. The van der Waals surface area contributed by atoms with Crippen molar-refractivity contribution < 1.29 is 9.53 Å². The summed E-state index contributed by atoms with van der Waals surface area (Å²) in [5.41, 5.74) is 4.71. The second-order valence-corrected chi connectivity index (χ2v) is 8.36. The minimum Gasteiger partial charge on any atom is -0.485 e. The zero-order chi connectivity index (χ0) is 22.8. The predicted octanol–water partition coefficient (Wildman–Crippen LogP) is 3.84. The number of anilines is 1. The fraction of sp³-hybridized carbons (Fsp3) is 0.269. The Morgan fingerprint density at radius 3 is 2.64 bits per heavy atom. The van der Waals surface area contributed by atoms with E-state index in [0.717, 1.165) is 41.1 Å². The Kier molecular flexibility index (Phi) is 5.69. The van der Waals surface area contributed by atoms with Gasteiger partial charge in [0.2, 0.25) is 0 Å². The monoisotopic (exact) mass is 441 g/mol. The van der Waals surface area contributed by atoms with Crippen LogP contribution in [0.15, 0.2) is 72.8 Å². The van der Waals surface area contributed by atoms with Crippen molar-refractivity contribution in [3.63, 3.8) is 0 Å². The number of para-hydroxylation sites is 3. The number of likely N-dealkylation sites (N-methyl/N-ethyl adjacent to an activating group) is 2. The number of benzene rings is 3. The Labute approximate surface area is 193 Å². The first kappa shape index (κ1) is 21.0. The number of nitrogens with zero attached hydrogens (tertiary/aromatic N) is 5. The average molecular weight is 442 g/mol. The molecule has 1 amide bonds. The number of carbonyl (C=O) groups is 1. The van der Waals surface area contributed by atoms with Gasteiger partial charge in [-0.25, -0.2) is 4.68 Å². The van der Waals surface area contributed by atoms with Crippen LogP contribution < -0.4 is 9.64 Å². The molecule has 0 N–H and O–H groups in total. The van der Waals surface area contributed by atoms with Gasteiger partial charge in [0.15, 0.2) is 0 Å². The molecule has 1 atom stereocenters. The molecule has 33 heavy (non-hydrogen) atoms. The van der Waals surface area contributed by atoms with E-state index in [1.54, 1.807) is 4.90 Å². The summed E-state index contributed by atoms with van der Waals surface area (Å²) in [6.45, 7) is 4.92. The molecule has 0 fully saturated rings. The first-order chi connectivity index (χ1) is 16.1. The summed E-state index contributed by atoms with van der Waals surface area (Å²) in [6, 6.07) is 23.7. The third-order valence-corrected chi connectivity index (χ3v) is 6.08. The third kappa shape index (κ3) is 4.26. The minimum atomic E-state index is -0.0753. The van der Waals surface area contributed by atoms with Gasteiger partial charge in [-0.05, 0) is 48.9 Å². The number of amides is 1. The predicted molar refractivity (Wildman–Crippen MR) is 129 cm³/mol. The molecule has 3 aromatic carbocycles. The van der Waals surface area contributed by atoms with Crippen LogP contribution in [0.1, 0.15) is 22.8 Å². The van der Waals surface area contributed by atoms with Crippen molar-refractivity contribution in [2.24, 2.45) is 0 Å². The largest absolute Gasteiger partial charge is 0.485 e. The van der Waals surface area contributed by atoms with Crippen LogP contribution in [-0.2, 0) is 6.54 Å². The minimum absolute atomic E-state index is 0.0155. The van der Waals surface area contributed by atoms with Crippen molar-refractivity contribution in [2.45, 2.75) is 19.6 Å². The Morgan fingerprint density at radius 1 is 1.06 bits per heavy atom. The molecule has 0 spiro atoms. The lowest BCUT2D eigenvalue weighted by Gasteiger charge is -2.37. The molecule has 5 rings (SSSR count). The number of hydrogen-bond acceptors (Lipinski definition) is 5. The molecule has 4 aromatic rings. The van der Waals surface area contributed by atoms with E-state index in [-0.39, 0.29) is 12.0 Å². The lowest BCUT2D eigenvalue weighted by Crippen LogP contribution is -2.46. The number of rotatable bonds is 6. The van der Waals surface area contributed by atoms with Crippen LogP contribution in [0.4, 0.5) is 5.69 Å². The van der Waals surface area contributed by atoms with Crippen molar-refractivity contribution in [1.82, 2.24) is 19.9 Å². The topological polar surface area (TPSA) is 63.5 Å². The smallest absolute Gasteiger partial charge is 0.253 e. The maximum absolute atomic E-state index is 13.0. The maximum Gasteiger partial charge on any atom is 0.253 e. The first-order valence-corrected chi connectivity index (χ1v) is 11.3. The number of fused-ring (bicyclic) bond motifs is 2. The average Bonchev–Trinajstić information content (AvgIpc) is 3.26. The third-order valence-electron chi connectivity index (χ3n) is 6.08. The van der Waals surface area contributed by atoms with Crippen LogP contribution in [0, 0.1) is 0 Å². The zero-order valence-corrected chi connectivity index (χ0v) is 18.9. The van der Waals surface area contributed by atoms with E-state index in [4.69, 9.17) is 4.74 Å². The summed E-state index contributed by atoms with van der Waals surface area (Å²) in [6.07, 6.45) is -0.0753. The van der Waals surface area contributed by atoms with Gasteiger partial charge in [-0.3, -0.25) is 4.79 Å². The second kappa shape index (κ2) is 8.94. The molecule has 7 heteroatoms. The molecule has 0 saturated carbocycles. The highest BCUT2D eigenvalue weighted by atomic mass is 16.5. The fourth-order valence-corrected chi connectivity index (χ4v) is 4.34. The number of aromatic nitrogens is 3. The summed E-state index contributed by atoms with van der Waals surface area (Å²) in [5.74, 6) is 0.861. The molecule has 1 aliphatic heterocycles. The van der Waals surface area contributed by atoms with Crippen molar-refractivity contribution in [3.8, 4) is 5.75 Å². The Bertz CT molecular complexity index is 1270. The SMILES string of the molecule is CCN1C[C@@H](CN(C)C(=O)c2ccc(Cn3nnc4ccccc43)cc2)Oc2ccccc21. The van der Waals surface area contributed by atoms with E-state index >= 15 is 0 Å². The second-order valence-electron chi connectivity index (χ2n) is 8.36. The van der Waals surface area contributed by atoms with Gasteiger partial charge in [0.1, 0.15) is 17.4 Å². The summed E-state index contributed by atoms with van der Waals surface area (Å²) in [4.78, 5) is 17.1. The lowest BCUT2D eigenvalue weighted by atomic mass is 10.1. The molecular weight excluding hydrogens is 414 g/mol. The normalized spacial score (nSPS) is 15.2. The van der Waals surface area contributed by atoms with Crippen LogP contribution in [0.25, 0.3) is 11.0 Å². The molecule has 0 saturated heterocycles. The molecular formula is C26H27N5O2. The van der Waals surface area contributed by atoms with Gasteiger partial charge in [-0.2, -0.15) is 0 Å². The van der Waals surface area contributed by atoms with Crippen molar-refractivity contribution in [3.05, 3.63) is 83.9 Å². The molecule has 0 bridgehead atoms. The molecule has 1 aliphatic rings. The summed E-state index contributed by atoms with van der Waals surface area (Å²) < 4.78 is 8.05. The van der Waals surface area contributed by atoms with Gasteiger partial charge in [0.05, 0.1) is 30.8 Å². The Morgan fingerprint density at radius 2 is 1.82 bits per heavy atom. The van der Waals surface area contributed by atoms with Gasteiger partial charge in [0.25, 0.3) is 5.91 Å². The highest BCUT2D eigenvalue weighted by Gasteiger charge is 2.27. The van der Waals surface area contributed by atoms with E-state index in [1.807, 2.05) is 78.5 Å². The molecule has 168 valence electrons. The molecule has 0 aliphatic carbocycles. The molecule has 1 aromatic heterocycles. The van der Waals surface area contributed by atoms with Crippen LogP contribution in [0.2, 0.25) is 0 Å². The van der Waals surface area contributed by atoms with Gasteiger partial charge < -0.3 is 14.5 Å².